The minimum absolute atomic E-state index is 0.464. The van der Waals surface area contributed by atoms with Gasteiger partial charge in [-0.3, -0.25) is 10.1 Å². The maximum absolute atomic E-state index is 10.5. The van der Waals surface area contributed by atoms with Crippen LogP contribution in [0.3, 0.4) is 0 Å². The van der Waals surface area contributed by atoms with Crippen LogP contribution in [0.25, 0.3) is 0 Å². The number of nitrogens with zero attached hydrogens (tertiary/aromatic N) is 3. The number of aromatic nitrogens is 1. The molecule has 0 fully saturated rings. The van der Waals surface area contributed by atoms with Crippen molar-refractivity contribution in [2.45, 2.75) is 13.5 Å². The van der Waals surface area contributed by atoms with E-state index < -0.39 is 4.92 Å². The van der Waals surface area contributed by atoms with Gasteiger partial charge in [0.1, 0.15) is 4.60 Å². The summed E-state index contributed by atoms with van der Waals surface area (Å²) in [5, 5.41) is 13.5. The molecule has 0 saturated carbocycles. The van der Waals surface area contributed by atoms with Crippen molar-refractivity contribution >= 4 is 15.9 Å². The molecule has 0 radical (unpaired) electrons. The van der Waals surface area contributed by atoms with E-state index in [2.05, 4.69) is 26.2 Å². The van der Waals surface area contributed by atoms with Crippen LogP contribution in [0.4, 0.5) is 0 Å². The van der Waals surface area contributed by atoms with Crippen LogP contribution >= 0.6 is 15.9 Å². The summed E-state index contributed by atoms with van der Waals surface area (Å²) in [5.41, 5.74) is 0.979. The van der Waals surface area contributed by atoms with Crippen molar-refractivity contribution in [3.8, 4) is 0 Å². The van der Waals surface area contributed by atoms with Crippen LogP contribution in [0.2, 0.25) is 0 Å². The molecule has 7 heteroatoms. The van der Waals surface area contributed by atoms with E-state index >= 15 is 0 Å². The van der Waals surface area contributed by atoms with Crippen LogP contribution in [-0.2, 0) is 6.54 Å². The van der Waals surface area contributed by atoms with Crippen molar-refractivity contribution in [1.29, 1.82) is 0 Å². The second-order valence-corrected chi connectivity index (χ2v) is 4.49. The van der Waals surface area contributed by atoms with E-state index in [1.165, 1.54) is 0 Å². The summed E-state index contributed by atoms with van der Waals surface area (Å²) in [5.74, 6) is 0.477. The third-order valence-corrected chi connectivity index (χ3v) is 2.67. The Morgan fingerprint density at radius 2 is 2.39 bits per heavy atom. The first-order valence-corrected chi connectivity index (χ1v) is 6.23. The van der Waals surface area contributed by atoms with Gasteiger partial charge >= 0.3 is 0 Å². The van der Waals surface area contributed by atoms with E-state index in [9.17, 15) is 10.1 Å². The first-order valence-electron chi connectivity index (χ1n) is 5.43. The van der Waals surface area contributed by atoms with Gasteiger partial charge in [-0.05, 0) is 34.5 Å². The molecule has 1 aromatic heterocycles. The first kappa shape index (κ1) is 14.4. The Hall–Kier alpha value is -1.63. The average molecular weight is 315 g/mol. The Morgan fingerprint density at radius 3 is 2.89 bits per heavy atom. The molecular weight excluding hydrogens is 300 g/mol. The lowest BCUT2D eigenvalue weighted by molar-refractivity contribution is -0.404. The number of halogens is 1. The molecule has 0 aliphatic rings. The number of rotatable bonds is 6. The minimum Gasteiger partial charge on any atom is -0.367 e. The van der Waals surface area contributed by atoms with E-state index in [4.69, 9.17) is 0 Å². The molecular formula is C11H15BrN4O2. The standard InChI is InChI=1S/C11H15BrN4O2/c1-3-13-11(8-16(17)18)15(2)7-9-4-5-10(12)14-6-9/h4-6,8,13H,3,7H2,1-2H3. The van der Waals surface area contributed by atoms with Gasteiger partial charge in [-0.1, -0.05) is 6.07 Å². The predicted molar refractivity (Wildman–Crippen MR) is 72.2 cm³/mol. The Morgan fingerprint density at radius 1 is 1.67 bits per heavy atom. The van der Waals surface area contributed by atoms with E-state index in [0.29, 0.717) is 18.9 Å². The molecule has 0 unspecified atom stereocenters. The maximum Gasteiger partial charge on any atom is 0.274 e. The van der Waals surface area contributed by atoms with Gasteiger partial charge in [0, 0.05) is 26.3 Å². The highest BCUT2D eigenvalue weighted by molar-refractivity contribution is 9.10. The summed E-state index contributed by atoms with van der Waals surface area (Å²) < 4.78 is 0.765. The summed E-state index contributed by atoms with van der Waals surface area (Å²) in [4.78, 5) is 16.0. The molecule has 1 N–H and O–H groups in total. The van der Waals surface area contributed by atoms with Crippen LogP contribution in [0.5, 0.6) is 0 Å². The Kier molecular flexibility index (Phi) is 5.57. The lowest BCUT2D eigenvalue weighted by Gasteiger charge is -2.21. The molecule has 0 aromatic carbocycles. The SMILES string of the molecule is CCNC(=C[N+](=O)[O-])N(C)Cc1ccc(Br)nc1. The van der Waals surface area contributed by atoms with Gasteiger partial charge in [0.25, 0.3) is 6.20 Å². The van der Waals surface area contributed by atoms with Gasteiger partial charge in [0.2, 0.25) is 0 Å². The van der Waals surface area contributed by atoms with Crippen molar-refractivity contribution in [3.63, 3.8) is 0 Å². The number of pyridine rings is 1. The molecule has 18 heavy (non-hydrogen) atoms. The molecule has 0 amide bonds. The number of nitrogens with one attached hydrogen (secondary N) is 1. The highest BCUT2D eigenvalue weighted by Gasteiger charge is 2.09. The second-order valence-electron chi connectivity index (χ2n) is 3.68. The maximum atomic E-state index is 10.5. The highest BCUT2D eigenvalue weighted by Crippen LogP contribution is 2.10. The summed E-state index contributed by atoms with van der Waals surface area (Å²) in [6.45, 7) is 3.07. The van der Waals surface area contributed by atoms with Crippen molar-refractivity contribution in [2.75, 3.05) is 13.6 Å². The van der Waals surface area contributed by atoms with Crippen molar-refractivity contribution < 1.29 is 4.92 Å². The van der Waals surface area contributed by atoms with E-state index in [0.717, 1.165) is 16.4 Å². The zero-order valence-corrected chi connectivity index (χ0v) is 11.8. The van der Waals surface area contributed by atoms with Gasteiger partial charge < -0.3 is 10.2 Å². The largest absolute Gasteiger partial charge is 0.367 e. The van der Waals surface area contributed by atoms with Crippen LogP contribution in [0.1, 0.15) is 12.5 Å². The van der Waals surface area contributed by atoms with E-state index in [1.807, 2.05) is 19.1 Å². The van der Waals surface area contributed by atoms with Gasteiger partial charge in [-0.25, -0.2) is 4.98 Å². The monoisotopic (exact) mass is 314 g/mol. The molecule has 1 aromatic rings. The Bertz CT molecular complexity index is 433. The predicted octanol–water partition coefficient (Wildman–Crippen LogP) is 1.96. The van der Waals surface area contributed by atoms with Gasteiger partial charge in [-0.15, -0.1) is 0 Å². The average Bonchev–Trinajstić information content (AvgIpc) is 2.31. The fraction of sp³-hybridized carbons (Fsp3) is 0.364. The molecule has 1 heterocycles. The molecule has 0 atom stereocenters. The Balaban J connectivity index is 2.75. The highest BCUT2D eigenvalue weighted by atomic mass is 79.9. The molecule has 0 aliphatic heterocycles. The van der Waals surface area contributed by atoms with Crippen molar-refractivity contribution in [2.24, 2.45) is 0 Å². The summed E-state index contributed by atoms with van der Waals surface area (Å²) >= 11 is 3.26. The molecule has 6 nitrogen and oxygen atoms in total. The normalized spacial score (nSPS) is 11.2. The molecule has 98 valence electrons. The fourth-order valence-corrected chi connectivity index (χ4v) is 1.65. The summed E-state index contributed by atoms with van der Waals surface area (Å²) in [7, 11) is 1.79. The van der Waals surface area contributed by atoms with Gasteiger partial charge in [0.05, 0.1) is 4.92 Å². The number of hydrogen-bond donors (Lipinski definition) is 1. The first-order chi connectivity index (χ1) is 8.52. The second kappa shape index (κ2) is 6.95. The minimum atomic E-state index is -0.464. The van der Waals surface area contributed by atoms with Gasteiger partial charge in [0.15, 0.2) is 5.82 Å². The zero-order chi connectivity index (χ0) is 13.5. The van der Waals surface area contributed by atoms with Crippen LogP contribution in [-0.4, -0.2) is 28.4 Å². The molecule has 0 spiro atoms. The van der Waals surface area contributed by atoms with E-state index in [-0.39, 0.29) is 0 Å². The molecule has 0 aliphatic carbocycles. The third kappa shape index (κ3) is 4.70. The lowest BCUT2D eigenvalue weighted by Crippen LogP contribution is -2.29. The van der Waals surface area contributed by atoms with Crippen LogP contribution < -0.4 is 5.32 Å². The van der Waals surface area contributed by atoms with Gasteiger partial charge in [-0.2, -0.15) is 0 Å². The van der Waals surface area contributed by atoms with Crippen LogP contribution in [0, 0.1) is 10.1 Å². The number of nitro groups is 1. The van der Waals surface area contributed by atoms with E-state index in [1.54, 1.807) is 18.1 Å². The summed E-state index contributed by atoms with van der Waals surface area (Å²) in [6, 6.07) is 3.76. The fourth-order valence-electron chi connectivity index (χ4n) is 1.42. The topological polar surface area (TPSA) is 71.3 Å². The quantitative estimate of drug-likeness (QED) is 0.494. The lowest BCUT2D eigenvalue weighted by atomic mass is 10.3. The molecule has 0 saturated heterocycles. The smallest absolute Gasteiger partial charge is 0.274 e. The Labute approximate surface area is 114 Å². The zero-order valence-electron chi connectivity index (χ0n) is 10.3. The molecule has 0 bridgehead atoms. The molecule has 1 rings (SSSR count). The third-order valence-electron chi connectivity index (χ3n) is 2.21. The number of hydrogen-bond acceptors (Lipinski definition) is 5. The van der Waals surface area contributed by atoms with Crippen molar-refractivity contribution in [3.05, 3.63) is 50.6 Å². The van der Waals surface area contributed by atoms with Crippen molar-refractivity contribution in [1.82, 2.24) is 15.2 Å². The summed E-state index contributed by atoms with van der Waals surface area (Å²) in [6.07, 6.45) is 2.70. The van der Waals surface area contributed by atoms with Crippen LogP contribution in [0.15, 0.2) is 35.0 Å².